The number of benzene rings is 1. The molecule has 0 aliphatic heterocycles. The molecule has 2 aromatic rings. The van der Waals surface area contributed by atoms with E-state index in [1.165, 1.54) is 23.3 Å². The first-order valence-corrected chi connectivity index (χ1v) is 9.72. The topological polar surface area (TPSA) is 67.4 Å². The third kappa shape index (κ3) is 4.14. The lowest BCUT2D eigenvalue weighted by atomic mass is 9.95. The first-order valence-electron chi connectivity index (χ1n) is 8.91. The molecule has 1 atom stereocenters. The number of methoxy groups -OCH3 is 1. The van der Waals surface area contributed by atoms with Gasteiger partial charge in [0.2, 0.25) is 5.91 Å². The van der Waals surface area contributed by atoms with Crippen molar-refractivity contribution in [1.82, 2.24) is 5.32 Å². The van der Waals surface area contributed by atoms with Crippen LogP contribution in [0, 0.1) is 0 Å². The number of rotatable bonds is 6. The molecule has 0 unspecified atom stereocenters. The predicted molar refractivity (Wildman–Crippen MR) is 104 cm³/mol. The number of amides is 1. The van der Waals surface area contributed by atoms with Gasteiger partial charge < -0.3 is 15.4 Å². The second-order valence-electron chi connectivity index (χ2n) is 6.47. The maximum Gasteiger partial charge on any atom is 0.341 e. The van der Waals surface area contributed by atoms with Crippen LogP contribution in [-0.2, 0) is 22.4 Å². The number of anilines is 1. The van der Waals surface area contributed by atoms with E-state index in [0.717, 1.165) is 36.8 Å². The van der Waals surface area contributed by atoms with Crippen molar-refractivity contribution in [2.24, 2.45) is 0 Å². The molecule has 138 valence electrons. The van der Waals surface area contributed by atoms with Crippen molar-refractivity contribution in [1.29, 1.82) is 0 Å². The highest BCUT2D eigenvalue weighted by atomic mass is 32.1. The number of esters is 1. The molecule has 0 fully saturated rings. The van der Waals surface area contributed by atoms with Gasteiger partial charge in [-0.1, -0.05) is 30.3 Å². The van der Waals surface area contributed by atoms with Gasteiger partial charge in [0.05, 0.1) is 19.2 Å². The molecule has 2 N–H and O–H groups in total. The SMILES string of the molecule is COC(=O)c1c(NC(=O)CN[C@@H](C)c2ccccc2)sc2c1CCCC2. The lowest BCUT2D eigenvalue weighted by molar-refractivity contribution is -0.115. The van der Waals surface area contributed by atoms with Crippen molar-refractivity contribution >= 4 is 28.2 Å². The molecular formula is C20H24N2O3S. The van der Waals surface area contributed by atoms with Gasteiger partial charge in [0.25, 0.3) is 0 Å². The fourth-order valence-electron chi connectivity index (χ4n) is 3.25. The van der Waals surface area contributed by atoms with Crippen molar-refractivity contribution in [3.8, 4) is 0 Å². The van der Waals surface area contributed by atoms with Gasteiger partial charge in [0, 0.05) is 10.9 Å². The van der Waals surface area contributed by atoms with E-state index in [1.807, 2.05) is 37.3 Å². The molecule has 1 aliphatic carbocycles. The van der Waals surface area contributed by atoms with Crippen LogP contribution in [0.1, 0.15) is 52.2 Å². The molecule has 0 saturated heterocycles. The summed E-state index contributed by atoms with van der Waals surface area (Å²) in [7, 11) is 1.38. The molecule has 0 radical (unpaired) electrons. The second kappa shape index (κ2) is 8.47. The Bertz CT molecular complexity index is 786. The molecule has 26 heavy (non-hydrogen) atoms. The van der Waals surface area contributed by atoms with E-state index in [0.29, 0.717) is 10.6 Å². The minimum absolute atomic E-state index is 0.0681. The lowest BCUT2D eigenvalue weighted by Crippen LogP contribution is -2.30. The van der Waals surface area contributed by atoms with Crippen LogP contribution in [0.3, 0.4) is 0 Å². The Balaban J connectivity index is 1.67. The summed E-state index contributed by atoms with van der Waals surface area (Å²) in [5.41, 5.74) is 2.72. The van der Waals surface area contributed by atoms with Gasteiger partial charge >= 0.3 is 5.97 Å². The van der Waals surface area contributed by atoms with Crippen molar-refractivity contribution in [3.63, 3.8) is 0 Å². The number of hydrogen-bond acceptors (Lipinski definition) is 5. The molecule has 0 spiro atoms. The largest absolute Gasteiger partial charge is 0.465 e. The molecule has 6 heteroatoms. The van der Waals surface area contributed by atoms with Crippen molar-refractivity contribution in [2.75, 3.05) is 19.0 Å². The van der Waals surface area contributed by atoms with Crippen LogP contribution in [0.15, 0.2) is 30.3 Å². The third-order valence-corrected chi connectivity index (χ3v) is 5.89. The molecular weight excluding hydrogens is 348 g/mol. The smallest absolute Gasteiger partial charge is 0.341 e. The van der Waals surface area contributed by atoms with Crippen LogP contribution >= 0.6 is 11.3 Å². The number of ether oxygens (including phenoxy) is 1. The Morgan fingerprint density at radius 2 is 1.92 bits per heavy atom. The number of aryl methyl sites for hydroxylation is 1. The zero-order valence-corrected chi connectivity index (χ0v) is 15.9. The molecule has 0 saturated carbocycles. The summed E-state index contributed by atoms with van der Waals surface area (Å²) in [6.07, 6.45) is 4.02. The quantitative estimate of drug-likeness (QED) is 0.759. The van der Waals surface area contributed by atoms with E-state index in [-0.39, 0.29) is 24.5 Å². The summed E-state index contributed by atoms with van der Waals surface area (Å²) in [5.74, 6) is -0.526. The maximum atomic E-state index is 12.4. The first-order chi connectivity index (χ1) is 12.6. The van der Waals surface area contributed by atoms with Gasteiger partial charge in [-0.15, -0.1) is 11.3 Å². The van der Waals surface area contributed by atoms with Crippen LogP contribution < -0.4 is 10.6 Å². The zero-order chi connectivity index (χ0) is 18.5. The van der Waals surface area contributed by atoms with E-state index in [9.17, 15) is 9.59 Å². The Hall–Kier alpha value is -2.18. The van der Waals surface area contributed by atoms with E-state index >= 15 is 0 Å². The number of thiophene rings is 1. The first kappa shape index (κ1) is 18.6. The molecule has 5 nitrogen and oxygen atoms in total. The van der Waals surface area contributed by atoms with Crippen LogP contribution in [0.4, 0.5) is 5.00 Å². The van der Waals surface area contributed by atoms with Crippen LogP contribution in [0.2, 0.25) is 0 Å². The molecule has 1 aliphatic rings. The standard InChI is InChI=1S/C20H24N2O3S/c1-13(14-8-4-3-5-9-14)21-12-17(23)22-19-18(20(24)25-2)15-10-6-7-11-16(15)26-19/h3-5,8-9,13,21H,6-7,10-12H2,1-2H3,(H,22,23)/t13-/m0/s1. The van der Waals surface area contributed by atoms with Crippen molar-refractivity contribution in [2.45, 2.75) is 38.6 Å². The summed E-state index contributed by atoms with van der Waals surface area (Å²) in [6, 6.07) is 10.0. The maximum absolute atomic E-state index is 12.4. The molecule has 0 bridgehead atoms. The number of carbonyl (C=O) groups excluding carboxylic acids is 2. The Morgan fingerprint density at radius 3 is 2.65 bits per heavy atom. The zero-order valence-electron chi connectivity index (χ0n) is 15.1. The summed E-state index contributed by atoms with van der Waals surface area (Å²) < 4.78 is 4.94. The van der Waals surface area contributed by atoms with E-state index < -0.39 is 0 Å². The Morgan fingerprint density at radius 1 is 1.19 bits per heavy atom. The van der Waals surface area contributed by atoms with Gasteiger partial charge in [-0.05, 0) is 43.7 Å². The third-order valence-electron chi connectivity index (χ3n) is 4.68. The minimum Gasteiger partial charge on any atom is -0.465 e. The Labute approximate surface area is 157 Å². The van der Waals surface area contributed by atoms with Gasteiger partial charge in [-0.25, -0.2) is 4.79 Å². The highest BCUT2D eigenvalue weighted by molar-refractivity contribution is 7.17. The predicted octanol–water partition coefficient (Wildman–Crippen LogP) is 3.70. The van der Waals surface area contributed by atoms with Crippen molar-refractivity contribution in [3.05, 3.63) is 51.9 Å². The van der Waals surface area contributed by atoms with Crippen LogP contribution in [0.5, 0.6) is 0 Å². The molecule has 1 heterocycles. The van der Waals surface area contributed by atoms with E-state index in [1.54, 1.807) is 0 Å². The highest BCUT2D eigenvalue weighted by Gasteiger charge is 2.26. The summed E-state index contributed by atoms with van der Waals surface area (Å²) in [5, 5.41) is 6.74. The monoisotopic (exact) mass is 372 g/mol. The molecule has 3 rings (SSSR count). The fourth-order valence-corrected chi connectivity index (χ4v) is 4.54. The van der Waals surface area contributed by atoms with E-state index in [2.05, 4.69) is 10.6 Å². The number of hydrogen-bond donors (Lipinski definition) is 2. The van der Waals surface area contributed by atoms with Gasteiger partial charge in [-0.3, -0.25) is 4.79 Å². The summed E-state index contributed by atoms with van der Waals surface area (Å²) in [4.78, 5) is 25.8. The second-order valence-corrected chi connectivity index (χ2v) is 7.57. The number of nitrogens with one attached hydrogen (secondary N) is 2. The van der Waals surface area contributed by atoms with E-state index in [4.69, 9.17) is 4.74 Å². The lowest BCUT2D eigenvalue weighted by Gasteiger charge is -2.14. The van der Waals surface area contributed by atoms with Gasteiger partial charge in [0.1, 0.15) is 5.00 Å². The molecule has 1 aromatic carbocycles. The van der Waals surface area contributed by atoms with Crippen molar-refractivity contribution < 1.29 is 14.3 Å². The Kier molecular flexibility index (Phi) is 6.06. The molecule has 1 amide bonds. The van der Waals surface area contributed by atoms with Crippen LogP contribution in [0.25, 0.3) is 0 Å². The number of fused-ring (bicyclic) bond motifs is 1. The van der Waals surface area contributed by atoms with Crippen LogP contribution in [-0.4, -0.2) is 25.5 Å². The highest BCUT2D eigenvalue weighted by Crippen LogP contribution is 2.38. The molecule has 1 aromatic heterocycles. The summed E-state index contributed by atoms with van der Waals surface area (Å²) >= 11 is 1.50. The normalized spacial score (nSPS) is 14.4. The van der Waals surface area contributed by atoms with Gasteiger partial charge in [-0.2, -0.15) is 0 Å². The average Bonchev–Trinajstić information content (AvgIpc) is 3.03. The van der Waals surface area contributed by atoms with Gasteiger partial charge in [0.15, 0.2) is 0 Å². The minimum atomic E-state index is -0.370. The average molecular weight is 372 g/mol. The summed E-state index contributed by atoms with van der Waals surface area (Å²) in [6.45, 7) is 2.20. The fraction of sp³-hybridized carbons (Fsp3) is 0.400. The number of carbonyl (C=O) groups is 2.